The molecule has 1 aromatic heterocycles. The third kappa shape index (κ3) is 4.46. The summed E-state index contributed by atoms with van der Waals surface area (Å²) in [6.45, 7) is 0.860. The van der Waals surface area contributed by atoms with E-state index in [1.54, 1.807) is 6.07 Å². The normalized spacial score (nSPS) is 15.4. The number of ether oxygens (including phenoxy) is 1. The molecule has 1 heterocycles. The van der Waals surface area contributed by atoms with Crippen molar-refractivity contribution < 1.29 is 13.9 Å². The van der Waals surface area contributed by atoms with Crippen molar-refractivity contribution in [2.24, 2.45) is 5.73 Å². The van der Waals surface area contributed by atoms with E-state index in [1.165, 1.54) is 25.5 Å². The average molecular weight is 328 g/mol. The largest absolute Gasteiger partial charge is 0.467 e. The van der Waals surface area contributed by atoms with Gasteiger partial charge in [-0.25, -0.2) is 0 Å². The van der Waals surface area contributed by atoms with Gasteiger partial charge in [-0.2, -0.15) is 0 Å². The minimum atomic E-state index is -0.205. The maximum atomic E-state index is 12.2. The molecule has 1 amide bonds. The predicted molar refractivity (Wildman–Crippen MR) is 92.7 cm³/mol. The van der Waals surface area contributed by atoms with Gasteiger partial charge in [0.05, 0.1) is 24.8 Å². The summed E-state index contributed by atoms with van der Waals surface area (Å²) in [6.07, 6.45) is 7.94. The van der Waals surface area contributed by atoms with E-state index in [9.17, 15) is 4.79 Å². The van der Waals surface area contributed by atoms with Crippen LogP contribution in [0.4, 0.5) is 5.69 Å². The van der Waals surface area contributed by atoms with Gasteiger partial charge in [-0.1, -0.05) is 31.4 Å². The first-order valence-corrected chi connectivity index (χ1v) is 8.54. The molecule has 128 valence electrons. The zero-order valence-corrected chi connectivity index (χ0v) is 13.8. The zero-order chi connectivity index (χ0) is 16.8. The molecule has 0 saturated heterocycles. The summed E-state index contributed by atoms with van der Waals surface area (Å²) in [5, 5.41) is 2.88. The Balaban J connectivity index is 1.57. The number of carbonyl (C=O) groups is 1. The average Bonchev–Trinajstić information content (AvgIpc) is 3.11. The first kappa shape index (κ1) is 16.7. The highest BCUT2D eigenvalue weighted by Gasteiger charge is 2.14. The third-order valence-electron chi connectivity index (χ3n) is 4.34. The Bertz CT molecular complexity index is 675. The Kier molecular flexibility index (Phi) is 5.67. The number of benzene rings is 1. The van der Waals surface area contributed by atoms with Crippen LogP contribution in [0.25, 0.3) is 0 Å². The summed E-state index contributed by atoms with van der Waals surface area (Å²) in [5.74, 6) is 0.388. The van der Waals surface area contributed by atoms with Gasteiger partial charge in [-0.3, -0.25) is 4.79 Å². The van der Waals surface area contributed by atoms with Crippen molar-refractivity contribution in [1.82, 2.24) is 0 Å². The van der Waals surface area contributed by atoms with Gasteiger partial charge in [0.1, 0.15) is 12.0 Å². The Morgan fingerprint density at radius 2 is 2.08 bits per heavy atom. The summed E-state index contributed by atoms with van der Waals surface area (Å²) in [4.78, 5) is 12.2. The molecule has 0 bridgehead atoms. The number of rotatable bonds is 6. The van der Waals surface area contributed by atoms with Crippen molar-refractivity contribution in [3.05, 3.63) is 53.5 Å². The number of nitrogens with one attached hydrogen (secondary N) is 1. The molecule has 2 aromatic rings. The van der Waals surface area contributed by atoms with Crippen molar-refractivity contribution in [3.8, 4) is 0 Å². The topological polar surface area (TPSA) is 77.5 Å². The molecular formula is C19H24N2O3. The van der Waals surface area contributed by atoms with E-state index in [2.05, 4.69) is 5.32 Å². The minimum absolute atomic E-state index is 0.205. The molecule has 3 N–H and O–H groups in total. The second kappa shape index (κ2) is 8.13. The molecule has 24 heavy (non-hydrogen) atoms. The summed E-state index contributed by atoms with van der Waals surface area (Å²) in [5.41, 5.74) is 7.78. The Labute approximate surface area is 142 Å². The van der Waals surface area contributed by atoms with Gasteiger partial charge >= 0.3 is 0 Å². The van der Waals surface area contributed by atoms with E-state index in [4.69, 9.17) is 14.9 Å². The van der Waals surface area contributed by atoms with Crippen LogP contribution >= 0.6 is 0 Å². The number of furan rings is 1. The van der Waals surface area contributed by atoms with Gasteiger partial charge in [0, 0.05) is 5.69 Å². The highest BCUT2D eigenvalue weighted by molar-refractivity contribution is 6.04. The summed E-state index contributed by atoms with van der Waals surface area (Å²) in [6, 6.07) is 9.42. The van der Waals surface area contributed by atoms with E-state index < -0.39 is 0 Å². The van der Waals surface area contributed by atoms with Crippen molar-refractivity contribution in [1.29, 1.82) is 0 Å². The number of nitrogens with two attached hydrogens (primary N) is 1. The van der Waals surface area contributed by atoms with Crippen LogP contribution in [-0.4, -0.2) is 12.0 Å². The van der Waals surface area contributed by atoms with E-state index in [1.807, 2.05) is 24.3 Å². The van der Waals surface area contributed by atoms with E-state index >= 15 is 0 Å². The van der Waals surface area contributed by atoms with E-state index in [0.717, 1.165) is 24.1 Å². The van der Waals surface area contributed by atoms with Crippen molar-refractivity contribution >= 4 is 11.6 Å². The predicted octanol–water partition coefficient (Wildman–Crippen LogP) is 3.84. The van der Waals surface area contributed by atoms with Crippen LogP contribution in [0, 0.1) is 0 Å². The maximum Gasteiger partial charge on any atom is 0.258 e. The summed E-state index contributed by atoms with van der Waals surface area (Å²) >= 11 is 0. The van der Waals surface area contributed by atoms with Crippen molar-refractivity contribution in [2.75, 3.05) is 5.32 Å². The zero-order valence-electron chi connectivity index (χ0n) is 13.8. The highest BCUT2D eigenvalue weighted by atomic mass is 16.5. The van der Waals surface area contributed by atoms with Crippen LogP contribution in [0.15, 0.2) is 41.0 Å². The molecule has 1 fully saturated rings. The molecule has 5 heteroatoms. The standard InChI is InChI=1S/C19H24N2O3/c20-11-18-10-15(13-24-18)19(22)21-16-6-4-5-14(9-16)12-23-17-7-2-1-3-8-17/h4-6,9-10,13,17H,1-3,7-8,11-12,20H2,(H,21,22). The molecule has 0 unspecified atom stereocenters. The lowest BCUT2D eigenvalue weighted by Crippen LogP contribution is -2.16. The molecule has 5 nitrogen and oxygen atoms in total. The fourth-order valence-electron chi connectivity index (χ4n) is 2.99. The van der Waals surface area contributed by atoms with E-state index in [-0.39, 0.29) is 12.5 Å². The van der Waals surface area contributed by atoms with Crippen LogP contribution in [-0.2, 0) is 17.9 Å². The molecular weight excluding hydrogens is 304 g/mol. The number of hydrogen-bond acceptors (Lipinski definition) is 4. The maximum absolute atomic E-state index is 12.2. The van der Waals surface area contributed by atoms with Crippen LogP contribution in [0.2, 0.25) is 0 Å². The minimum Gasteiger partial charge on any atom is -0.467 e. The van der Waals surface area contributed by atoms with E-state index in [0.29, 0.717) is 24.0 Å². The molecule has 1 aliphatic rings. The Morgan fingerprint density at radius 3 is 2.83 bits per heavy atom. The van der Waals surface area contributed by atoms with Crippen LogP contribution in [0.5, 0.6) is 0 Å². The summed E-state index contributed by atoms with van der Waals surface area (Å²) in [7, 11) is 0. The Hall–Kier alpha value is -2.11. The molecule has 3 rings (SSSR count). The second-order valence-corrected chi connectivity index (χ2v) is 6.23. The summed E-state index contributed by atoms with van der Waals surface area (Å²) < 4.78 is 11.2. The van der Waals surface area contributed by atoms with Gasteiger partial charge in [0.15, 0.2) is 0 Å². The monoisotopic (exact) mass is 328 g/mol. The first-order chi connectivity index (χ1) is 11.7. The lowest BCUT2D eigenvalue weighted by atomic mass is 9.98. The lowest BCUT2D eigenvalue weighted by molar-refractivity contribution is 0.0169. The first-order valence-electron chi connectivity index (χ1n) is 8.54. The number of amides is 1. The van der Waals surface area contributed by atoms with Gasteiger partial charge in [0.25, 0.3) is 5.91 Å². The number of hydrogen-bond donors (Lipinski definition) is 2. The van der Waals surface area contributed by atoms with Crippen molar-refractivity contribution in [3.63, 3.8) is 0 Å². The van der Waals surface area contributed by atoms with Crippen LogP contribution in [0.3, 0.4) is 0 Å². The third-order valence-corrected chi connectivity index (χ3v) is 4.34. The molecule has 1 aromatic carbocycles. The molecule has 0 spiro atoms. The molecule has 0 aliphatic heterocycles. The fourth-order valence-corrected chi connectivity index (χ4v) is 2.99. The number of anilines is 1. The quantitative estimate of drug-likeness (QED) is 0.844. The molecule has 0 radical (unpaired) electrons. The van der Waals surface area contributed by atoms with Crippen molar-refractivity contribution in [2.45, 2.75) is 51.4 Å². The highest BCUT2D eigenvalue weighted by Crippen LogP contribution is 2.22. The van der Waals surface area contributed by atoms with Crippen LogP contribution < -0.4 is 11.1 Å². The van der Waals surface area contributed by atoms with Crippen LogP contribution in [0.1, 0.15) is 53.8 Å². The SMILES string of the molecule is NCc1cc(C(=O)Nc2cccc(COC3CCCCC3)c2)co1. The molecule has 1 saturated carbocycles. The Morgan fingerprint density at radius 1 is 1.25 bits per heavy atom. The molecule has 0 atom stereocenters. The van der Waals surface area contributed by atoms with Gasteiger partial charge in [-0.05, 0) is 36.6 Å². The number of carbonyl (C=O) groups excluding carboxylic acids is 1. The van der Waals surface area contributed by atoms with Gasteiger partial charge < -0.3 is 20.2 Å². The van der Waals surface area contributed by atoms with Gasteiger partial charge in [-0.15, -0.1) is 0 Å². The second-order valence-electron chi connectivity index (χ2n) is 6.23. The van der Waals surface area contributed by atoms with Gasteiger partial charge in [0.2, 0.25) is 0 Å². The lowest BCUT2D eigenvalue weighted by Gasteiger charge is -2.22. The fraction of sp³-hybridized carbons (Fsp3) is 0.421. The molecule has 1 aliphatic carbocycles. The smallest absolute Gasteiger partial charge is 0.258 e.